The number of ether oxygens (including phenoxy) is 1. The molecule has 0 aliphatic carbocycles. The van der Waals surface area contributed by atoms with Gasteiger partial charge in [-0.05, 0) is 30.5 Å². The van der Waals surface area contributed by atoms with E-state index in [-0.39, 0.29) is 17.9 Å². The number of benzene rings is 1. The zero-order valence-electron chi connectivity index (χ0n) is 16.1. The number of fused-ring (bicyclic) bond motifs is 1. The molecule has 1 aromatic rings. The highest BCUT2D eigenvalue weighted by Gasteiger charge is 2.66. The summed E-state index contributed by atoms with van der Waals surface area (Å²) in [6.07, 6.45) is 5.34. The van der Waals surface area contributed by atoms with Crippen LogP contribution in [0.15, 0.2) is 43.0 Å². The standard InChI is InChI=1S/C22H26N2O3/c1-5-10-23(4)20(25)18-17-8-9-22(27-17)13-24(21(26)19(18)22)12-16-7-6-14(2)15(3)11-16/h5-9,11,17-19H,1,10,12-13H2,2-4H3/t17-,18+,19+,22-/m0/s1. The number of likely N-dealkylation sites (N-methyl/N-ethyl adjacent to an activating group) is 1. The molecule has 0 aromatic heterocycles. The van der Waals surface area contributed by atoms with Crippen molar-refractivity contribution in [1.82, 2.24) is 9.80 Å². The number of carbonyl (C=O) groups excluding carboxylic acids is 2. The Labute approximate surface area is 160 Å². The molecule has 27 heavy (non-hydrogen) atoms. The Morgan fingerprint density at radius 2 is 2.19 bits per heavy atom. The molecule has 4 rings (SSSR count). The lowest BCUT2D eigenvalue weighted by molar-refractivity contribution is -0.142. The quantitative estimate of drug-likeness (QED) is 0.751. The summed E-state index contributed by atoms with van der Waals surface area (Å²) in [7, 11) is 1.75. The molecule has 2 fully saturated rings. The Kier molecular flexibility index (Phi) is 4.22. The monoisotopic (exact) mass is 366 g/mol. The molecule has 5 heteroatoms. The second-order valence-corrected chi connectivity index (χ2v) is 8.02. The maximum atomic E-state index is 13.2. The normalized spacial score (nSPS) is 30.7. The highest BCUT2D eigenvalue weighted by atomic mass is 16.5. The summed E-state index contributed by atoms with van der Waals surface area (Å²) >= 11 is 0. The predicted molar refractivity (Wildman–Crippen MR) is 103 cm³/mol. The van der Waals surface area contributed by atoms with E-state index in [0.29, 0.717) is 19.6 Å². The topological polar surface area (TPSA) is 49.9 Å². The van der Waals surface area contributed by atoms with Crippen LogP contribution in [0.25, 0.3) is 0 Å². The molecule has 5 nitrogen and oxygen atoms in total. The van der Waals surface area contributed by atoms with E-state index in [1.807, 2.05) is 17.1 Å². The van der Waals surface area contributed by atoms with Crippen LogP contribution in [0.1, 0.15) is 16.7 Å². The zero-order chi connectivity index (χ0) is 19.3. The van der Waals surface area contributed by atoms with Gasteiger partial charge in [-0.1, -0.05) is 36.4 Å². The van der Waals surface area contributed by atoms with E-state index in [2.05, 4.69) is 38.6 Å². The summed E-state index contributed by atoms with van der Waals surface area (Å²) in [4.78, 5) is 29.7. The third-order valence-electron chi connectivity index (χ3n) is 6.19. The molecular weight excluding hydrogens is 340 g/mol. The molecule has 3 aliphatic rings. The number of carbonyl (C=O) groups is 2. The fourth-order valence-corrected chi connectivity index (χ4v) is 4.65. The lowest BCUT2D eigenvalue weighted by Gasteiger charge is -2.27. The fourth-order valence-electron chi connectivity index (χ4n) is 4.65. The second kappa shape index (κ2) is 6.34. The largest absolute Gasteiger partial charge is 0.360 e. The molecule has 2 saturated heterocycles. The lowest BCUT2D eigenvalue weighted by atomic mass is 9.76. The summed E-state index contributed by atoms with van der Waals surface area (Å²) in [6, 6.07) is 6.28. The van der Waals surface area contributed by atoms with E-state index < -0.39 is 17.4 Å². The van der Waals surface area contributed by atoms with Gasteiger partial charge in [-0.3, -0.25) is 9.59 Å². The highest BCUT2D eigenvalue weighted by molar-refractivity contribution is 5.93. The predicted octanol–water partition coefficient (Wildman–Crippen LogP) is 2.23. The number of aryl methyl sites for hydroxylation is 2. The van der Waals surface area contributed by atoms with Gasteiger partial charge in [0.1, 0.15) is 5.60 Å². The minimum Gasteiger partial charge on any atom is -0.360 e. The first-order chi connectivity index (χ1) is 12.9. The maximum absolute atomic E-state index is 13.2. The number of amides is 2. The van der Waals surface area contributed by atoms with Crippen LogP contribution in [0, 0.1) is 25.7 Å². The Hall–Kier alpha value is -2.40. The number of hydrogen-bond donors (Lipinski definition) is 0. The molecule has 4 atom stereocenters. The van der Waals surface area contributed by atoms with Gasteiger partial charge in [0.2, 0.25) is 11.8 Å². The van der Waals surface area contributed by atoms with Gasteiger partial charge in [-0.2, -0.15) is 0 Å². The van der Waals surface area contributed by atoms with Crippen LogP contribution >= 0.6 is 0 Å². The Morgan fingerprint density at radius 3 is 2.89 bits per heavy atom. The van der Waals surface area contributed by atoms with E-state index in [1.54, 1.807) is 18.0 Å². The van der Waals surface area contributed by atoms with Crippen molar-refractivity contribution in [2.75, 3.05) is 20.1 Å². The lowest BCUT2D eigenvalue weighted by Crippen LogP contribution is -2.44. The van der Waals surface area contributed by atoms with Crippen molar-refractivity contribution < 1.29 is 14.3 Å². The molecule has 3 aliphatic heterocycles. The number of nitrogens with zero attached hydrogens (tertiary/aromatic N) is 2. The third-order valence-corrected chi connectivity index (χ3v) is 6.19. The summed E-state index contributed by atoms with van der Waals surface area (Å²) in [5.74, 6) is -0.904. The summed E-state index contributed by atoms with van der Waals surface area (Å²) in [5, 5.41) is 0. The van der Waals surface area contributed by atoms with Gasteiger partial charge in [0.15, 0.2) is 0 Å². The minimum atomic E-state index is -0.656. The molecule has 2 bridgehead atoms. The Morgan fingerprint density at radius 1 is 1.41 bits per heavy atom. The van der Waals surface area contributed by atoms with Gasteiger partial charge in [-0.25, -0.2) is 0 Å². The van der Waals surface area contributed by atoms with Gasteiger partial charge in [0.05, 0.1) is 24.5 Å². The fraction of sp³-hybridized carbons (Fsp3) is 0.455. The van der Waals surface area contributed by atoms with Gasteiger partial charge in [0.25, 0.3) is 0 Å². The third kappa shape index (κ3) is 2.72. The van der Waals surface area contributed by atoms with Crippen molar-refractivity contribution in [3.05, 3.63) is 59.7 Å². The molecule has 1 spiro atoms. The molecule has 3 heterocycles. The average Bonchev–Trinajstić information content (AvgIpc) is 3.26. The van der Waals surface area contributed by atoms with Crippen molar-refractivity contribution in [3.8, 4) is 0 Å². The second-order valence-electron chi connectivity index (χ2n) is 8.02. The van der Waals surface area contributed by atoms with Crippen molar-refractivity contribution in [2.45, 2.75) is 32.1 Å². The summed E-state index contributed by atoms with van der Waals surface area (Å²) < 4.78 is 6.18. The Bertz CT molecular complexity index is 846. The number of hydrogen-bond acceptors (Lipinski definition) is 3. The van der Waals surface area contributed by atoms with Crippen LogP contribution in [-0.4, -0.2) is 53.5 Å². The average molecular weight is 366 g/mol. The van der Waals surface area contributed by atoms with Crippen LogP contribution in [-0.2, 0) is 20.9 Å². The molecule has 142 valence electrons. The molecule has 0 unspecified atom stereocenters. The Balaban J connectivity index is 1.58. The van der Waals surface area contributed by atoms with Crippen LogP contribution in [0.2, 0.25) is 0 Å². The van der Waals surface area contributed by atoms with Crippen molar-refractivity contribution in [3.63, 3.8) is 0 Å². The van der Waals surface area contributed by atoms with Crippen molar-refractivity contribution in [2.24, 2.45) is 11.8 Å². The molecule has 1 aromatic carbocycles. The minimum absolute atomic E-state index is 0.0189. The van der Waals surface area contributed by atoms with Gasteiger partial charge >= 0.3 is 0 Å². The van der Waals surface area contributed by atoms with Crippen molar-refractivity contribution >= 4 is 11.8 Å². The maximum Gasteiger partial charge on any atom is 0.230 e. The SMILES string of the molecule is C=CCN(C)C(=O)[C@@H]1[C@@H]2C=C[C@@]3(CN(Cc4ccc(C)c(C)c4)C(=O)[C@@H]13)O2. The van der Waals surface area contributed by atoms with Crippen molar-refractivity contribution in [1.29, 1.82) is 0 Å². The highest BCUT2D eigenvalue weighted by Crippen LogP contribution is 2.52. The smallest absolute Gasteiger partial charge is 0.230 e. The van der Waals surface area contributed by atoms with E-state index in [4.69, 9.17) is 4.74 Å². The first kappa shape index (κ1) is 18.0. The first-order valence-corrected chi connectivity index (χ1v) is 9.44. The summed E-state index contributed by atoms with van der Waals surface area (Å²) in [6.45, 7) is 9.37. The molecule has 2 amide bonds. The van der Waals surface area contributed by atoms with Crippen LogP contribution in [0.3, 0.4) is 0 Å². The number of likely N-dealkylation sites (tertiary alicyclic amines) is 1. The molecular formula is C22H26N2O3. The molecule has 0 radical (unpaired) electrons. The van der Waals surface area contributed by atoms with E-state index >= 15 is 0 Å². The zero-order valence-corrected chi connectivity index (χ0v) is 16.1. The van der Waals surface area contributed by atoms with E-state index in [1.165, 1.54) is 11.1 Å². The van der Waals surface area contributed by atoms with Crippen LogP contribution in [0.4, 0.5) is 0 Å². The first-order valence-electron chi connectivity index (χ1n) is 9.44. The molecule has 0 saturated carbocycles. The summed E-state index contributed by atoms with van der Waals surface area (Å²) in [5.41, 5.74) is 2.90. The van der Waals surface area contributed by atoms with Gasteiger partial charge in [-0.15, -0.1) is 6.58 Å². The molecule has 0 N–H and O–H groups in total. The van der Waals surface area contributed by atoms with Gasteiger partial charge in [0, 0.05) is 20.1 Å². The van der Waals surface area contributed by atoms with E-state index in [9.17, 15) is 9.59 Å². The van der Waals surface area contributed by atoms with Gasteiger partial charge < -0.3 is 14.5 Å². The van der Waals surface area contributed by atoms with E-state index in [0.717, 1.165) is 5.56 Å². The number of rotatable bonds is 5. The van der Waals surface area contributed by atoms with Crippen LogP contribution < -0.4 is 0 Å². The van der Waals surface area contributed by atoms with Crippen LogP contribution in [0.5, 0.6) is 0 Å².